The summed E-state index contributed by atoms with van der Waals surface area (Å²) in [6.07, 6.45) is 4.90. The summed E-state index contributed by atoms with van der Waals surface area (Å²) in [4.78, 5) is 25.2. The van der Waals surface area contributed by atoms with Gasteiger partial charge >= 0.3 is 0 Å². The van der Waals surface area contributed by atoms with Crippen LogP contribution in [0, 0.1) is 0 Å². The number of aromatic nitrogens is 7. The van der Waals surface area contributed by atoms with E-state index >= 15 is 0 Å². The zero-order valence-electron chi connectivity index (χ0n) is 14.5. The fourth-order valence-corrected chi connectivity index (χ4v) is 3.19. The minimum Gasteiger partial charge on any atom is -0.358 e. The van der Waals surface area contributed by atoms with Gasteiger partial charge in [0.15, 0.2) is 17.1 Å². The third-order valence-corrected chi connectivity index (χ3v) is 4.41. The van der Waals surface area contributed by atoms with Crippen LogP contribution in [-0.2, 0) is 0 Å². The lowest BCUT2D eigenvalue weighted by Crippen LogP contribution is -2.14. The van der Waals surface area contributed by atoms with Gasteiger partial charge in [-0.1, -0.05) is 18.2 Å². The summed E-state index contributed by atoms with van der Waals surface area (Å²) >= 11 is 0. The van der Waals surface area contributed by atoms with Gasteiger partial charge in [0, 0.05) is 11.9 Å². The Morgan fingerprint density at radius 1 is 1.00 bits per heavy atom. The lowest BCUT2D eigenvalue weighted by Gasteiger charge is -2.16. The average molecular weight is 356 g/mol. The smallest absolute Gasteiger partial charge is 0.164 e. The number of nitrogens with one attached hydrogen (secondary N) is 2. The summed E-state index contributed by atoms with van der Waals surface area (Å²) in [6.45, 7) is 2.04. The fraction of sp³-hybridized carbons (Fsp3) is 0.105. The van der Waals surface area contributed by atoms with Gasteiger partial charge in [0.2, 0.25) is 0 Å². The molecule has 27 heavy (non-hydrogen) atoms. The maximum absolute atomic E-state index is 4.82. The van der Waals surface area contributed by atoms with Crippen molar-refractivity contribution in [2.75, 3.05) is 5.32 Å². The number of fused-ring (bicyclic) bond motifs is 2. The van der Waals surface area contributed by atoms with Gasteiger partial charge in [0.25, 0.3) is 0 Å². The number of para-hydroxylation sites is 1. The molecule has 8 heteroatoms. The van der Waals surface area contributed by atoms with E-state index in [1.54, 1.807) is 12.5 Å². The molecule has 0 radical (unpaired) electrons. The zero-order valence-corrected chi connectivity index (χ0v) is 14.5. The number of aromatic amines is 1. The van der Waals surface area contributed by atoms with Crippen LogP contribution in [0.4, 0.5) is 5.82 Å². The molecule has 1 atom stereocenters. The molecule has 0 bridgehead atoms. The number of benzene rings is 1. The van der Waals surface area contributed by atoms with Gasteiger partial charge in [-0.15, -0.1) is 0 Å². The van der Waals surface area contributed by atoms with Crippen LogP contribution in [0.25, 0.3) is 28.0 Å². The normalized spacial score (nSPS) is 12.5. The van der Waals surface area contributed by atoms with E-state index in [-0.39, 0.29) is 6.04 Å². The molecule has 2 N–H and O–H groups in total. The van der Waals surface area contributed by atoms with Crippen LogP contribution in [0.2, 0.25) is 0 Å². The second-order valence-electron chi connectivity index (χ2n) is 6.18. The number of hydrogen-bond donors (Lipinski definition) is 2. The van der Waals surface area contributed by atoms with Crippen LogP contribution in [0.5, 0.6) is 0 Å². The van der Waals surface area contributed by atoms with E-state index in [2.05, 4.69) is 34.8 Å². The van der Waals surface area contributed by atoms with E-state index in [9.17, 15) is 0 Å². The molecular formula is C19H16N8. The van der Waals surface area contributed by atoms with Crippen molar-refractivity contribution in [3.63, 3.8) is 0 Å². The maximum Gasteiger partial charge on any atom is 0.164 e. The maximum atomic E-state index is 4.82. The summed E-state index contributed by atoms with van der Waals surface area (Å²) in [6, 6.07) is 13.8. The molecule has 0 unspecified atom stereocenters. The molecule has 0 fully saturated rings. The summed E-state index contributed by atoms with van der Waals surface area (Å²) < 4.78 is 2.07. The third kappa shape index (κ3) is 2.58. The third-order valence-electron chi connectivity index (χ3n) is 4.41. The summed E-state index contributed by atoms with van der Waals surface area (Å²) in [7, 11) is 0. The van der Waals surface area contributed by atoms with Crippen molar-refractivity contribution in [1.29, 1.82) is 0 Å². The SMILES string of the molecule is C[C@@H](Nc1ncnc2[nH]cnc12)c1nc2cccnc2n1-c1ccccc1. The number of imidazole rings is 2. The Kier molecular flexibility index (Phi) is 3.53. The molecule has 4 heterocycles. The van der Waals surface area contributed by atoms with Crippen LogP contribution >= 0.6 is 0 Å². The van der Waals surface area contributed by atoms with Gasteiger partial charge in [0.05, 0.1) is 12.4 Å². The first-order valence-corrected chi connectivity index (χ1v) is 8.60. The highest BCUT2D eigenvalue weighted by Crippen LogP contribution is 2.27. The van der Waals surface area contributed by atoms with Crippen molar-refractivity contribution in [1.82, 2.24) is 34.5 Å². The van der Waals surface area contributed by atoms with Gasteiger partial charge in [-0.2, -0.15) is 0 Å². The Bertz CT molecular complexity index is 1220. The number of rotatable bonds is 4. The lowest BCUT2D eigenvalue weighted by atomic mass is 10.2. The number of nitrogens with zero attached hydrogens (tertiary/aromatic N) is 6. The second-order valence-corrected chi connectivity index (χ2v) is 6.18. The highest BCUT2D eigenvalue weighted by atomic mass is 15.2. The molecular weight excluding hydrogens is 340 g/mol. The Balaban J connectivity index is 1.63. The molecule has 132 valence electrons. The van der Waals surface area contributed by atoms with Crippen molar-refractivity contribution in [3.8, 4) is 5.69 Å². The van der Waals surface area contributed by atoms with Crippen LogP contribution in [0.3, 0.4) is 0 Å². The van der Waals surface area contributed by atoms with Gasteiger partial charge in [-0.25, -0.2) is 24.9 Å². The molecule has 8 nitrogen and oxygen atoms in total. The molecule has 0 aliphatic heterocycles. The van der Waals surface area contributed by atoms with Crippen molar-refractivity contribution >= 4 is 28.1 Å². The highest BCUT2D eigenvalue weighted by Gasteiger charge is 2.20. The molecule has 0 aliphatic rings. The van der Waals surface area contributed by atoms with E-state index in [0.717, 1.165) is 22.7 Å². The first-order chi connectivity index (χ1) is 13.3. The van der Waals surface area contributed by atoms with E-state index in [1.165, 1.54) is 6.33 Å². The van der Waals surface area contributed by atoms with Crippen molar-refractivity contribution < 1.29 is 0 Å². The minimum atomic E-state index is -0.130. The highest BCUT2D eigenvalue weighted by molar-refractivity contribution is 5.82. The predicted molar refractivity (Wildman–Crippen MR) is 103 cm³/mol. The monoisotopic (exact) mass is 356 g/mol. The van der Waals surface area contributed by atoms with Crippen LogP contribution in [0.15, 0.2) is 61.3 Å². The van der Waals surface area contributed by atoms with E-state index < -0.39 is 0 Å². The van der Waals surface area contributed by atoms with E-state index in [4.69, 9.17) is 4.98 Å². The van der Waals surface area contributed by atoms with E-state index in [0.29, 0.717) is 17.0 Å². The predicted octanol–water partition coefficient (Wildman–Crippen LogP) is 3.26. The summed E-state index contributed by atoms with van der Waals surface area (Å²) in [5, 5.41) is 3.41. The standard InChI is InChI=1S/C19H16N8/c1-12(25-17-15-16(22-10-21-15)23-11-24-17)18-26-14-8-5-9-20-19(14)27(18)13-6-3-2-4-7-13/h2-12H,1H3,(H2,21,22,23,24,25)/t12-/m1/s1. The molecule has 0 saturated heterocycles. The number of pyridine rings is 1. The van der Waals surface area contributed by atoms with E-state index in [1.807, 2.05) is 49.4 Å². The minimum absolute atomic E-state index is 0.130. The largest absolute Gasteiger partial charge is 0.358 e. The average Bonchev–Trinajstić information content (AvgIpc) is 3.34. The Morgan fingerprint density at radius 3 is 2.78 bits per heavy atom. The van der Waals surface area contributed by atoms with Crippen molar-refractivity contribution in [3.05, 3.63) is 67.1 Å². The topological polar surface area (TPSA) is 97.2 Å². The molecule has 5 rings (SSSR count). The molecule has 0 spiro atoms. The molecule has 4 aromatic heterocycles. The number of hydrogen-bond acceptors (Lipinski definition) is 6. The second kappa shape index (κ2) is 6.17. The summed E-state index contributed by atoms with van der Waals surface area (Å²) in [5.74, 6) is 1.51. The zero-order chi connectivity index (χ0) is 18.2. The Hall–Kier alpha value is -3.81. The first kappa shape index (κ1) is 15.4. The molecule has 0 amide bonds. The van der Waals surface area contributed by atoms with Gasteiger partial charge in [0.1, 0.15) is 23.2 Å². The Labute approximate surface area is 154 Å². The number of H-pyrrole nitrogens is 1. The number of anilines is 1. The van der Waals surface area contributed by atoms with Crippen LogP contribution < -0.4 is 5.32 Å². The van der Waals surface area contributed by atoms with Gasteiger partial charge in [-0.05, 0) is 31.2 Å². The van der Waals surface area contributed by atoms with Crippen LogP contribution in [-0.4, -0.2) is 34.5 Å². The van der Waals surface area contributed by atoms with Crippen molar-refractivity contribution in [2.24, 2.45) is 0 Å². The van der Waals surface area contributed by atoms with Gasteiger partial charge < -0.3 is 10.3 Å². The molecule has 0 saturated carbocycles. The fourth-order valence-electron chi connectivity index (χ4n) is 3.19. The molecule has 1 aromatic carbocycles. The quantitative estimate of drug-likeness (QED) is 0.513. The molecule has 5 aromatic rings. The molecule has 0 aliphatic carbocycles. The van der Waals surface area contributed by atoms with Gasteiger partial charge in [-0.3, -0.25) is 4.57 Å². The lowest BCUT2D eigenvalue weighted by molar-refractivity contribution is 0.767. The Morgan fingerprint density at radius 2 is 1.89 bits per heavy atom. The van der Waals surface area contributed by atoms with Crippen LogP contribution in [0.1, 0.15) is 18.8 Å². The first-order valence-electron chi connectivity index (χ1n) is 8.60. The summed E-state index contributed by atoms with van der Waals surface area (Å²) in [5.41, 5.74) is 4.07. The van der Waals surface area contributed by atoms with Crippen molar-refractivity contribution in [2.45, 2.75) is 13.0 Å².